The van der Waals surface area contributed by atoms with Gasteiger partial charge in [0.05, 0.1) is 5.56 Å². The number of fused-ring (bicyclic) bond motifs is 1. The molecule has 5 nitrogen and oxygen atoms in total. The fourth-order valence-electron chi connectivity index (χ4n) is 3.66. The van der Waals surface area contributed by atoms with Gasteiger partial charge in [-0.05, 0) is 44.7 Å². The number of pyridine rings is 1. The molecule has 134 valence electrons. The summed E-state index contributed by atoms with van der Waals surface area (Å²) in [7, 11) is 0. The Bertz CT molecular complexity index is 926. The molecule has 5 heteroatoms. The molecule has 3 aromatic rings. The molecular formula is C21H23N3O2. The summed E-state index contributed by atoms with van der Waals surface area (Å²) >= 11 is 0. The van der Waals surface area contributed by atoms with E-state index in [9.17, 15) is 4.79 Å². The zero-order chi connectivity index (χ0) is 17.9. The third-order valence-electron chi connectivity index (χ3n) is 4.99. The van der Waals surface area contributed by atoms with Crippen LogP contribution in [0.4, 0.5) is 0 Å². The predicted octanol–water partition coefficient (Wildman–Crippen LogP) is 4.12. The maximum absolute atomic E-state index is 12.8. The maximum atomic E-state index is 12.8. The molecule has 1 amide bonds. The number of para-hydroxylation sites is 1. The molecule has 0 spiro atoms. The maximum Gasteiger partial charge on any atom is 0.253 e. The highest BCUT2D eigenvalue weighted by Crippen LogP contribution is 2.25. The Morgan fingerprint density at radius 1 is 1.23 bits per heavy atom. The normalized spacial score (nSPS) is 14.7. The lowest BCUT2D eigenvalue weighted by Gasteiger charge is -2.15. The third kappa shape index (κ3) is 3.29. The molecule has 1 saturated carbocycles. The van der Waals surface area contributed by atoms with E-state index in [1.165, 1.54) is 12.8 Å². The van der Waals surface area contributed by atoms with Gasteiger partial charge in [-0.25, -0.2) is 4.98 Å². The van der Waals surface area contributed by atoms with E-state index in [2.05, 4.69) is 15.3 Å². The molecule has 2 aromatic heterocycles. The number of aromatic amines is 1. The first-order chi connectivity index (χ1) is 12.7. The van der Waals surface area contributed by atoms with Crippen molar-refractivity contribution in [3.8, 4) is 5.88 Å². The van der Waals surface area contributed by atoms with E-state index in [4.69, 9.17) is 4.74 Å². The van der Waals surface area contributed by atoms with Gasteiger partial charge >= 0.3 is 0 Å². The molecule has 1 aromatic carbocycles. The molecule has 0 radical (unpaired) electrons. The summed E-state index contributed by atoms with van der Waals surface area (Å²) in [4.78, 5) is 20.4. The van der Waals surface area contributed by atoms with Crippen LogP contribution in [0, 0.1) is 6.92 Å². The van der Waals surface area contributed by atoms with Gasteiger partial charge in [0.25, 0.3) is 5.91 Å². The van der Waals surface area contributed by atoms with Crippen LogP contribution in [0.1, 0.15) is 47.3 Å². The lowest BCUT2D eigenvalue weighted by molar-refractivity contribution is 0.0951. The van der Waals surface area contributed by atoms with Gasteiger partial charge in [-0.2, -0.15) is 0 Å². The number of ether oxygens (including phenoxy) is 1. The molecule has 2 heterocycles. The first kappa shape index (κ1) is 16.6. The zero-order valence-corrected chi connectivity index (χ0v) is 14.9. The number of aromatic nitrogens is 2. The fourth-order valence-corrected chi connectivity index (χ4v) is 3.66. The number of amides is 1. The molecule has 1 aliphatic rings. The molecular weight excluding hydrogens is 326 g/mol. The van der Waals surface area contributed by atoms with Crippen LogP contribution in [0.3, 0.4) is 0 Å². The number of hydrogen-bond acceptors (Lipinski definition) is 3. The molecule has 0 unspecified atom stereocenters. The van der Waals surface area contributed by atoms with Crippen molar-refractivity contribution < 1.29 is 9.53 Å². The number of hydrogen-bond donors (Lipinski definition) is 2. The predicted molar refractivity (Wildman–Crippen MR) is 101 cm³/mol. The highest BCUT2D eigenvalue weighted by Gasteiger charge is 2.20. The van der Waals surface area contributed by atoms with Crippen molar-refractivity contribution in [2.75, 3.05) is 0 Å². The highest BCUT2D eigenvalue weighted by molar-refractivity contribution is 6.08. The second kappa shape index (κ2) is 7.20. The summed E-state index contributed by atoms with van der Waals surface area (Å²) < 4.78 is 6.05. The van der Waals surface area contributed by atoms with Crippen LogP contribution in [0.15, 0.2) is 42.6 Å². The molecule has 0 atom stereocenters. The van der Waals surface area contributed by atoms with Gasteiger partial charge < -0.3 is 15.0 Å². The standard InChI is InChI=1S/C21H23N3O2/c1-14-19(17-10-4-5-11-18(17)24-14)20(25)23-13-15-7-6-12-22-21(15)26-16-8-2-3-9-16/h4-7,10-12,16,24H,2-3,8-9,13H2,1H3,(H,23,25). The number of aryl methyl sites for hydroxylation is 1. The summed E-state index contributed by atoms with van der Waals surface area (Å²) in [5, 5.41) is 3.96. The number of H-pyrrole nitrogens is 1. The Labute approximate surface area is 152 Å². The SMILES string of the molecule is Cc1[nH]c2ccccc2c1C(=O)NCc1cccnc1OC1CCCC1. The van der Waals surface area contributed by atoms with Gasteiger partial charge in [-0.3, -0.25) is 4.79 Å². The van der Waals surface area contributed by atoms with E-state index in [0.29, 0.717) is 18.0 Å². The lowest BCUT2D eigenvalue weighted by atomic mass is 10.1. The number of benzene rings is 1. The highest BCUT2D eigenvalue weighted by atomic mass is 16.5. The minimum atomic E-state index is -0.0874. The van der Waals surface area contributed by atoms with Crippen molar-refractivity contribution >= 4 is 16.8 Å². The quantitative estimate of drug-likeness (QED) is 0.728. The molecule has 26 heavy (non-hydrogen) atoms. The van der Waals surface area contributed by atoms with Crippen LogP contribution >= 0.6 is 0 Å². The zero-order valence-electron chi connectivity index (χ0n) is 14.9. The van der Waals surface area contributed by atoms with Crippen LogP contribution in [-0.2, 0) is 6.54 Å². The van der Waals surface area contributed by atoms with E-state index >= 15 is 0 Å². The number of carbonyl (C=O) groups excluding carboxylic acids is 1. The topological polar surface area (TPSA) is 67.0 Å². The van der Waals surface area contributed by atoms with Crippen LogP contribution in [0.2, 0.25) is 0 Å². The van der Waals surface area contributed by atoms with E-state index in [0.717, 1.165) is 35.0 Å². The largest absolute Gasteiger partial charge is 0.474 e. The number of rotatable bonds is 5. The molecule has 0 aliphatic heterocycles. The first-order valence-electron chi connectivity index (χ1n) is 9.18. The Hall–Kier alpha value is -2.82. The van der Waals surface area contributed by atoms with Gasteiger partial charge in [0.15, 0.2) is 0 Å². The first-order valence-corrected chi connectivity index (χ1v) is 9.18. The second-order valence-electron chi connectivity index (χ2n) is 6.85. The summed E-state index contributed by atoms with van der Waals surface area (Å²) in [6, 6.07) is 11.7. The van der Waals surface area contributed by atoms with Gasteiger partial charge in [0, 0.05) is 34.9 Å². The average Bonchev–Trinajstić information content (AvgIpc) is 3.27. The molecule has 0 saturated heterocycles. The summed E-state index contributed by atoms with van der Waals surface area (Å²) in [5.74, 6) is 0.547. The number of nitrogens with zero attached hydrogens (tertiary/aromatic N) is 1. The summed E-state index contributed by atoms with van der Waals surface area (Å²) in [5.41, 5.74) is 3.45. The van der Waals surface area contributed by atoms with Crippen LogP contribution < -0.4 is 10.1 Å². The van der Waals surface area contributed by atoms with Crippen LogP contribution in [-0.4, -0.2) is 22.0 Å². The summed E-state index contributed by atoms with van der Waals surface area (Å²) in [6.07, 6.45) is 6.57. The van der Waals surface area contributed by atoms with Gasteiger partial charge in [0.1, 0.15) is 6.10 Å². The van der Waals surface area contributed by atoms with E-state index < -0.39 is 0 Å². The van der Waals surface area contributed by atoms with Gasteiger partial charge in [-0.1, -0.05) is 24.3 Å². The van der Waals surface area contributed by atoms with E-state index in [1.807, 2.05) is 43.3 Å². The van der Waals surface area contributed by atoms with Crippen molar-refractivity contribution in [3.63, 3.8) is 0 Å². The van der Waals surface area contributed by atoms with Gasteiger partial charge in [-0.15, -0.1) is 0 Å². The van der Waals surface area contributed by atoms with Gasteiger partial charge in [0.2, 0.25) is 5.88 Å². The van der Waals surface area contributed by atoms with Crippen molar-refractivity contribution in [2.24, 2.45) is 0 Å². The van der Waals surface area contributed by atoms with Crippen LogP contribution in [0.5, 0.6) is 5.88 Å². The lowest BCUT2D eigenvalue weighted by Crippen LogP contribution is -2.24. The molecule has 2 N–H and O–H groups in total. The molecule has 4 rings (SSSR count). The molecule has 0 bridgehead atoms. The monoisotopic (exact) mass is 349 g/mol. The van der Waals surface area contributed by atoms with E-state index in [1.54, 1.807) is 6.20 Å². The minimum Gasteiger partial charge on any atom is -0.474 e. The smallest absolute Gasteiger partial charge is 0.253 e. The Morgan fingerprint density at radius 2 is 2.04 bits per heavy atom. The molecule has 1 aliphatic carbocycles. The second-order valence-corrected chi connectivity index (χ2v) is 6.85. The Morgan fingerprint density at radius 3 is 2.88 bits per heavy atom. The fraction of sp³-hybridized carbons (Fsp3) is 0.333. The Balaban J connectivity index is 1.50. The number of carbonyl (C=O) groups is 1. The minimum absolute atomic E-state index is 0.0874. The van der Waals surface area contributed by atoms with Crippen molar-refractivity contribution in [1.82, 2.24) is 15.3 Å². The summed E-state index contributed by atoms with van der Waals surface area (Å²) in [6.45, 7) is 2.32. The van der Waals surface area contributed by atoms with Crippen LogP contribution in [0.25, 0.3) is 10.9 Å². The van der Waals surface area contributed by atoms with Crippen molar-refractivity contribution in [1.29, 1.82) is 0 Å². The van der Waals surface area contributed by atoms with E-state index in [-0.39, 0.29) is 12.0 Å². The average molecular weight is 349 g/mol. The molecule has 1 fully saturated rings. The van der Waals surface area contributed by atoms with Crippen molar-refractivity contribution in [2.45, 2.75) is 45.3 Å². The number of nitrogens with one attached hydrogen (secondary N) is 2. The third-order valence-corrected chi connectivity index (χ3v) is 4.99. The van der Waals surface area contributed by atoms with Crippen molar-refractivity contribution in [3.05, 3.63) is 59.4 Å². The Kier molecular flexibility index (Phi) is 4.61.